The van der Waals surface area contributed by atoms with Gasteiger partial charge in [-0.1, -0.05) is 24.3 Å². The molecule has 0 spiro atoms. The summed E-state index contributed by atoms with van der Waals surface area (Å²) in [7, 11) is 0. The van der Waals surface area contributed by atoms with Gasteiger partial charge in [0.05, 0.1) is 25.7 Å². The van der Waals surface area contributed by atoms with Crippen LogP contribution in [0.15, 0.2) is 78.9 Å². The normalized spacial score (nSPS) is 35.1. The van der Waals surface area contributed by atoms with Gasteiger partial charge in [0, 0.05) is 17.7 Å². The fraction of sp³-hybridized carbons (Fsp3) is 0.478. The van der Waals surface area contributed by atoms with Crippen molar-refractivity contribution in [3.8, 4) is 34.5 Å². The molecule has 21 heteroatoms. The van der Waals surface area contributed by atoms with Crippen LogP contribution in [0.3, 0.4) is 0 Å². The minimum atomic E-state index is -1.74. The number of aryl methyl sites for hydroxylation is 2. The quantitative estimate of drug-likeness (QED) is 0.0631. The zero-order valence-corrected chi connectivity index (χ0v) is 35.5. The van der Waals surface area contributed by atoms with E-state index in [4.69, 9.17) is 33.2 Å². The molecule has 21 nitrogen and oxygen atoms in total. The minimum Gasteiger partial charge on any atom is -0.508 e. The number of rotatable bonds is 14. The number of ether oxygens (including phenoxy) is 7. The largest absolute Gasteiger partial charge is 0.508 e. The van der Waals surface area contributed by atoms with Crippen molar-refractivity contribution >= 4 is 0 Å². The molecule has 3 saturated heterocycles. The first-order chi connectivity index (χ1) is 32.1. The van der Waals surface area contributed by atoms with E-state index in [0.717, 1.165) is 5.56 Å². The maximum Gasteiger partial charge on any atom is 0.229 e. The number of fused-ring (bicyclic) bond motifs is 1. The van der Waals surface area contributed by atoms with Gasteiger partial charge in [-0.3, -0.25) is 0 Å². The van der Waals surface area contributed by atoms with Gasteiger partial charge >= 0.3 is 0 Å². The predicted molar refractivity (Wildman–Crippen MR) is 225 cm³/mol. The van der Waals surface area contributed by atoms with Gasteiger partial charge in [0.1, 0.15) is 114 Å². The molecular formula is C46H54O21. The van der Waals surface area contributed by atoms with Gasteiger partial charge in [0.25, 0.3) is 0 Å². The van der Waals surface area contributed by atoms with Crippen molar-refractivity contribution < 1.29 is 105 Å². The van der Waals surface area contributed by atoms with Crippen LogP contribution in [0.5, 0.6) is 34.5 Å². The van der Waals surface area contributed by atoms with Gasteiger partial charge in [0.2, 0.25) is 18.9 Å². The Morgan fingerprint density at radius 2 is 0.866 bits per heavy atom. The number of aliphatic hydroxyl groups excluding tert-OH is 12. The Hall–Kier alpha value is -4.92. The fourth-order valence-corrected chi connectivity index (χ4v) is 8.78. The molecule has 364 valence electrons. The average molecular weight is 943 g/mol. The average Bonchev–Trinajstić information content (AvgIpc) is 3.71. The number of benzene rings is 4. The highest BCUT2D eigenvalue weighted by Gasteiger charge is 2.48. The predicted octanol–water partition coefficient (Wildman–Crippen LogP) is -2.32. The van der Waals surface area contributed by atoms with Crippen molar-refractivity contribution in [2.45, 2.75) is 117 Å². The molecule has 0 aromatic heterocycles. The lowest BCUT2D eigenvalue weighted by Crippen LogP contribution is -2.60. The van der Waals surface area contributed by atoms with Crippen molar-refractivity contribution in [3.63, 3.8) is 0 Å². The Labute approximate surface area is 382 Å². The maximum absolute atomic E-state index is 10.9. The maximum atomic E-state index is 10.9. The van der Waals surface area contributed by atoms with Gasteiger partial charge < -0.3 is 105 Å². The molecule has 4 aromatic rings. The monoisotopic (exact) mass is 942 g/mol. The third-order valence-corrected chi connectivity index (χ3v) is 12.5. The van der Waals surface area contributed by atoms with E-state index in [9.17, 15) is 71.5 Å². The van der Waals surface area contributed by atoms with Crippen molar-refractivity contribution in [1.29, 1.82) is 0 Å². The molecule has 3 fully saturated rings. The van der Waals surface area contributed by atoms with Crippen molar-refractivity contribution in [3.05, 3.63) is 107 Å². The van der Waals surface area contributed by atoms with Crippen LogP contribution in [0.4, 0.5) is 0 Å². The van der Waals surface area contributed by atoms with E-state index in [1.807, 2.05) is 0 Å². The molecule has 67 heavy (non-hydrogen) atoms. The van der Waals surface area contributed by atoms with Crippen LogP contribution in [0, 0.1) is 0 Å². The second-order valence-electron chi connectivity index (χ2n) is 17.0. The summed E-state index contributed by atoms with van der Waals surface area (Å²) in [4.78, 5) is 0. The Bertz CT molecular complexity index is 2260. The summed E-state index contributed by atoms with van der Waals surface area (Å²) in [5.41, 5.74) is 3.02. The van der Waals surface area contributed by atoms with E-state index < -0.39 is 124 Å². The number of phenolic OH excluding ortho intramolecular Hbond substituents is 2. The highest BCUT2D eigenvalue weighted by molar-refractivity contribution is 5.58. The third kappa shape index (κ3) is 9.99. The molecule has 4 heterocycles. The Morgan fingerprint density at radius 3 is 1.31 bits per heavy atom. The first-order valence-corrected chi connectivity index (χ1v) is 21.6. The van der Waals surface area contributed by atoms with E-state index in [1.165, 1.54) is 24.3 Å². The molecule has 0 unspecified atom stereocenters. The molecule has 8 rings (SSSR count). The molecule has 0 amide bonds. The summed E-state index contributed by atoms with van der Waals surface area (Å²) in [6, 6.07) is 20.4. The van der Waals surface area contributed by atoms with Gasteiger partial charge in [-0.25, -0.2) is 0 Å². The van der Waals surface area contributed by atoms with Gasteiger partial charge in [-0.15, -0.1) is 0 Å². The summed E-state index contributed by atoms with van der Waals surface area (Å²) in [6.45, 7) is -1.97. The molecule has 14 N–H and O–H groups in total. The summed E-state index contributed by atoms with van der Waals surface area (Å²) in [5.74, 6) is -0.399. The van der Waals surface area contributed by atoms with Crippen LogP contribution < -0.4 is 18.9 Å². The standard InChI is InChI=1S/C46H54O21/c47-16-29-34(52)37(55)40(58)44(65-29)61-25-7-2-19(3-8-25)1-4-21-13-27(63-46-42(60)39(57)36(54)31(18-49)67-46)15-28-32(21)33(22-11-23(50)14-24(51)12-22)43(64-28)20-5-9-26(10-6-20)62-45-41(59)38(56)35(53)30(17-48)66-45/h2-3,5-15,29-31,33-60H,1,4,16-18H2/t29-,30-,31-,33-,34-,35-,36-,37+,38+,39+,40-,41-,42-,43+,44-,45-,46-/m1/s1. The lowest BCUT2D eigenvalue weighted by molar-refractivity contribution is -0.277. The van der Waals surface area contributed by atoms with Crippen LogP contribution in [0.1, 0.15) is 39.8 Å². The smallest absolute Gasteiger partial charge is 0.229 e. The highest BCUT2D eigenvalue weighted by atomic mass is 16.7. The molecule has 17 atom stereocenters. The SMILES string of the molecule is OC[C@H]1O[C@@H](Oc2ccc(CCc3cc(O[C@@H]4O[C@H](CO)[C@@H](O)[C@H](O)[C@H]4O)cc4c3[C@@H](c3cc(O)cc(O)c3)[C@H](c3ccc(O[C@@H]5O[C@H](CO)[C@@H](O)[C@H](O)[C@H]5O)cc3)O4)cc2)[C@H](O)[C@@H](O)[C@@H]1O. The van der Waals surface area contributed by atoms with E-state index in [2.05, 4.69) is 0 Å². The van der Waals surface area contributed by atoms with Crippen LogP contribution in [-0.2, 0) is 27.1 Å². The van der Waals surface area contributed by atoms with Crippen LogP contribution in [0.2, 0.25) is 0 Å². The molecule has 4 aromatic carbocycles. The van der Waals surface area contributed by atoms with E-state index >= 15 is 0 Å². The fourth-order valence-electron chi connectivity index (χ4n) is 8.78. The highest BCUT2D eigenvalue weighted by Crippen LogP contribution is 2.53. The van der Waals surface area contributed by atoms with Crippen molar-refractivity contribution in [2.75, 3.05) is 19.8 Å². The lowest BCUT2D eigenvalue weighted by Gasteiger charge is -2.39. The molecule has 4 aliphatic rings. The molecule has 0 radical (unpaired) electrons. The zero-order chi connectivity index (χ0) is 47.8. The second-order valence-corrected chi connectivity index (χ2v) is 17.0. The lowest BCUT2D eigenvalue weighted by atomic mass is 9.81. The summed E-state index contributed by atoms with van der Waals surface area (Å²) in [6.07, 6.45) is -23.1. The number of aromatic hydroxyl groups is 2. The second kappa shape index (κ2) is 20.4. The van der Waals surface area contributed by atoms with Gasteiger partial charge in [-0.2, -0.15) is 0 Å². The molecule has 4 aliphatic heterocycles. The van der Waals surface area contributed by atoms with E-state index in [-0.39, 0.29) is 40.9 Å². The number of hydrogen-bond donors (Lipinski definition) is 14. The van der Waals surface area contributed by atoms with Crippen LogP contribution in [-0.4, -0.2) is 183 Å². The van der Waals surface area contributed by atoms with E-state index in [0.29, 0.717) is 28.7 Å². The van der Waals surface area contributed by atoms with E-state index in [1.54, 1.807) is 54.6 Å². The van der Waals surface area contributed by atoms with Gasteiger partial charge in [-0.05, 0) is 77.6 Å². The summed E-state index contributed by atoms with van der Waals surface area (Å²) in [5, 5.41) is 144. The van der Waals surface area contributed by atoms with Crippen molar-refractivity contribution in [1.82, 2.24) is 0 Å². The summed E-state index contributed by atoms with van der Waals surface area (Å²) < 4.78 is 41.0. The first kappa shape index (κ1) is 48.5. The molecule has 0 aliphatic carbocycles. The van der Waals surface area contributed by atoms with Crippen LogP contribution >= 0.6 is 0 Å². The Morgan fingerprint density at radius 1 is 0.433 bits per heavy atom. The molecular weight excluding hydrogens is 888 g/mol. The summed E-state index contributed by atoms with van der Waals surface area (Å²) >= 11 is 0. The number of hydrogen-bond acceptors (Lipinski definition) is 21. The third-order valence-electron chi connectivity index (χ3n) is 12.5. The Kier molecular flexibility index (Phi) is 14.7. The van der Waals surface area contributed by atoms with Crippen molar-refractivity contribution in [2.24, 2.45) is 0 Å². The van der Waals surface area contributed by atoms with Crippen LogP contribution in [0.25, 0.3) is 0 Å². The zero-order valence-electron chi connectivity index (χ0n) is 35.5. The first-order valence-electron chi connectivity index (χ1n) is 21.6. The topological polar surface area (TPSA) is 348 Å². The molecule has 0 saturated carbocycles. The minimum absolute atomic E-state index is 0.0998. The van der Waals surface area contributed by atoms with Gasteiger partial charge in [0.15, 0.2) is 0 Å². The number of aliphatic hydroxyl groups is 12. The molecule has 0 bridgehead atoms. The number of phenols is 2. The Balaban J connectivity index is 1.11.